The average molecular weight is 319 g/mol. The van der Waals surface area contributed by atoms with E-state index in [1.807, 2.05) is 36.4 Å². The number of thioether (sulfide) groups is 1. The van der Waals surface area contributed by atoms with E-state index >= 15 is 0 Å². The molecular weight excluding hydrogens is 298 g/mol. The summed E-state index contributed by atoms with van der Waals surface area (Å²) in [6.07, 6.45) is 2.38. The quantitative estimate of drug-likeness (QED) is 0.735. The van der Waals surface area contributed by atoms with E-state index in [0.29, 0.717) is 18.6 Å². The first-order chi connectivity index (χ1) is 10.6. The third-order valence-electron chi connectivity index (χ3n) is 3.14. The lowest BCUT2D eigenvalue weighted by molar-refractivity contribution is -0.121. The maximum atomic E-state index is 11.8. The highest BCUT2D eigenvalue weighted by Crippen LogP contribution is 2.17. The van der Waals surface area contributed by atoms with Crippen LogP contribution in [0.4, 0.5) is 0 Å². The highest BCUT2D eigenvalue weighted by atomic mass is 32.2. The summed E-state index contributed by atoms with van der Waals surface area (Å²) in [4.78, 5) is 13.0. The molecule has 4 nitrogen and oxygen atoms in total. The van der Waals surface area contributed by atoms with Crippen molar-refractivity contribution in [2.24, 2.45) is 0 Å². The van der Waals surface area contributed by atoms with Crippen LogP contribution in [-0.2, 0) is 11.2 Å². The van der Waals surface area contributed by atoms with E-state index in [2.05, 4.69) is 5.32 Å². The van der Waals surface area contributed by atoms with E-state index in [4.69, 9.17) is 4.42 Å². The van der Waals surface area contributed by atoms with Gasteiger partial charge in [0.25, 0.3) is 0 Å². The number of carbonyl (C=O) groups excluding carboxylic acids is 1. The van der Waals surface area contributed by atoms with Gasteiger partial charge in [0, 0.05) is 30.0 Å². The molecule has 1 atom stereocenters. The van der Waals surface area contributed by atoms with E-state index in [9.17, 15) is 9.90 Å². The monoisotopic (exact) mass is 319 g/mol. The fourth-order valence-electron chi connectivity index (χ4n) is 2.01. The second-order valence-electron chi connectivity index (χ2n) is 5.44. The van der Waals surface area contributed by atoms with Crippen LogP contribution in [0.2, 0.25) is 0 Å². The molecule has 1 aromatic carbocycles. The van der Waals surface area contributed by atoms with Crippen LogP contribution < -0.4 is 5.32 Å². The van der Waals surface area contributed by atoms with Crippen LogP contribution in [0.3, 0.4) is 0 Å². The van der Waals surface area contributed by atoms with Crippen molar-refractivity contribution < 1.29 is 14.3 Å². The number of nitrogens with one attached hydrogen (secondary N) is 1. The van der Waals surface area contributed by atoms with Crippen molar-refractivity contribution in [1.82, 2.24) is 5.32 Å². The van der Waals surface area contributed by atoms with E-state index in [0.717, 1.165) is 10.6 Å². The molecule has 2 N–H and O–H groups in total. The summed E-state index contributed by atoms with van der Waals surface area (Å²) in [5.41, 5.74) is -1.01. The second kappa shape index (κ2) is 8.06. The third kappa shape index (κ3) is 5.95. The first-order valence-corrected chi connectivity index (χ1v) is 8.23. The number of amides is 1. The summed E-state index contributed by atoms with van der Waals surface area (Å²) in [7, 11) is 0. The van der Waals surface area contributed by atoms with Gasteiger partial charge in [0.2, 0.25) is 5.91 Å². The topological polar surface area (TPSA) is 62.5 Å². The van der Waals surface area contributed by atoms with Crippen LogP contribution in [0.5, 0.6) is 0 Å². The molecule has 0 aliphatic rings. The minimum atomic E-state index is -1.01. The van der Waals surface area contributed by atoms with Gasteiger partial charge in [-0.05, 0) is 31.2 Å². The van der Waals surface area contributed by atoms with Gasteiger partial charge in [-0.25, -0.2) is 0 Å². The molecule has 2 rings (SSSR count). The Kier molecular flexibility index (Phi) is 6.10. The molecule has 0 aliphatic heterocycles. The maximum Gasteiger partial charge on any atom is 0.220 e. The third-order valence-corrected chi connectivity index (χ3v) is 4.16. The van der Waals surface area contributed by atoms with E-state index < -0.39 is 5.60 Å². The molecule has 1 heterocycles. The molecule has 0 saturated heterocycles. The summed E-state index contributed by atoms with van der Waals surface area (Å²) in [5.74, 6) is 1.37. The van der Waals surface area contributed by atoms with Crippen molar-refractivity contribution in [2.75, 3.05) is 12.3 Å². The van der Waals surface area contributed by atoms with Gasteiger partial charge in [-0.1, -0.05) is 18.2 Å². The van der Waals surface area contributed by atoms with Crippen molar-refractivity contribution in [2.45, 2.75) is 30.3 Å². The summed E-state index contributed by atoms with van der Waals surface area (Å²) >= 11 is 1.65. The lowest BCUT2D eigenvalue weighted by Gasteiger charge is -2.22. The number of rotatable bonds is 8. The average Bonchev–Trinajstić information content (AvgIpc) is 2.99. The van der Waals surface area contributed by atoms with Crippen LogP contribution in [0.25, 0.3) is 0 Å². The second-order valence-corrected chi connectivity index (χ2v) is 6.61. The van der Waals surface area contributed by atoms with Gasteiger partial charge in [-0.3, -0.25) is 4.79 Å². The van der Waals surface area contributed by atoms with Gasteiger partial charge in [-0.15, -0.1) is 11.8 Å². The largest absolute Gasteiger partial charge is 0.469 e. The number of benzene rings is 1. The number of aliphatic hydroxyl groups is 1. The molecular formula is C17H21NO3S. The van der Waals surface area contributed by atoms with Gasteiger partial charge >= 0.3 is 0 Å². The van der Waals surface area contributed by atoms with Crippen molar-refractivity contribution in [3.05, 3.63) is 54.5 Å². The van der Waals surface area contributed by atoms with Crippen molar-refractivity contribution in [3.63, 3.8) is 0 Å². The molecule has 0 radical (unpaired) electrons. The van der Waals surface area contributed by atoms with Crippen molar-refractivity contribution >= 4 is 17.7 Å². The van der Waals surface area contributed by atoms with Crippen molar-refractivity contribution in [3.8, 4) is 0 Å². The molecule has 0 bridgehead atoms. The van der Waals surface area contributed by atoms with E-state index in [1.165, 1.54) is 0 Å². The first kappa shape index (κ1) is 16.6. The first-order valence-electron chi connectivity index (χ1n) is 7.24. The highest BCUT2D eigenvalue weighted by molar-refractivity contribution is 7.99. The van der Waals surface area contributed by atoms with E-state index in [1.54, 1.807) is 31.0 Å². The molecule has 22 heavy (non-hydrogen) atoms. The maximum absolute atomic E-state index is 11.8. The Morgan fingerprint density at radius 1 is 1.27 bits per heavy atom. The van der Waals surface area contributed by atoms with Crippen LogP contribution in [0.15, 0.2) is 58.0 Å². The summed E-state index contributed by atoms with van der Waals surface area (Å²) in [6.45, 7) is 1.90. The number of hydrogen-bond donors (Lipinski definition) is 2. The Morgan fingerprint density at radius 2 is 2.05 bits per heavy atom. The van der Waals surface area contributed by atoms with Crippen LogP contribution in [0, 0.1) is 0 Å². The van der Waals surface area contributed by atoms with Crippen molar-refractivity contribution in [1.29, 1.82) is 0 Å². The number of carbonyl (C=O) groups is 1. The van der Waals surface area contributed by atoms with Crippen LogP contribution in [0.1, 0.15) is 19.1 Å². The van der Waals surface area contributed by atoms with Gasteiger partial charge in [0.1, 0.15) is 5.76 Å². The zero-order valence-electron chi connectivity index (χ0n) is 12.6. The summed E-state index contributed by atoms with van der Waals surface area (Å²) < 4.78 is 5.21. The Labute approximate surface area is 134 Å². The molecule has 1 amide bonds. The van der Waals surface area contributed by atoms with Crippen LogP contribution >= 0.6 is 11.8 Å². The Bertz CT molecular complexity index is 567. The summed E-state index contributed by atoms with van der Waals surface area (Å²) in [5, 5.41) is 13.0. The van der Waals surface area contributed by atoms with Crippen LogP contribution in [-0.4, -0.2) is 28.9 Å². The molecule has 118 valence electrons. The number of furan rings is 1. The molecule has 0 spiro atoms. The lowest BCUT2D eigenvalue weighted by atomic mass is 10.0. The van der Waals surface area contributed by atoms with Gasteiger partial charge < -0.3 is 14.8 Å². The molecule has 0 saturated carbocycles. The zero-order valence-corrected chi connectivity index (χ0v) is 13.4. The Morgan fingerprint density at radius 3 is 2.73 bits per heavy atom. The predicted octanol–water partition coefficient (Wildman–Crippen LogP) is 2.87. The van der Waals surface area contributed by atoms with Gasteiger partial charge in [0.15, 0.2) is 0 Å². The fraction of sp³-hybridized carbons (Fsp3) is 0.353. The van der Waals surface area contributed by atoms with Gasteiger partial charge in [-0.2, -0.15) is 0 Å². The van der Waals surface area contributed by atoms with E-state index in [-0.39, 0.29) is 12.5 Å². The Hall–Kier alpha value is -1.72. The molecule has 5 heteroatoms. The molecule has 0 aliphatic carbocycles. The molecule has 2 aromatic rings. The molecule has 0 fully saturated rings. The SMILES string of the molecule is CC(O)(CNC(=O)CCSc1ccccc1)Cc1ccco1. The highest BCUT2D eigenvalue weighted by Gasteiger charge is 2.23. The predicted molar refractivity (Wildman–Crippen MR) is 87.8 cm³/mol. The smallest absolute Gasteiger partial charge is 0.220 e. The standard InChI is InChI=1S/C17H21NO3S/c1-17(20,12-14-6-5-10-21-14)13-18-16(19)9-11-22-15-7-3-2-4-8-15/h2-8,10,20H,9,11-13H2,1H3,(H,18,19). The summed E-state index contributed by atoms with van der Waals surface area (Å²) in [6, 6.07) is 13.6. The molecule has 1 unspecified atom stereocenters. The van der Waals surface area contributed by atoms with Gasteiger partial charge in [0.05, 0.1) is 11.9 Å². The Balaban J connectivity index is 1.66. The minimum absolute atomic E-state index is 0.0526. The lowest BCUT2D eigenvalue weighted by Crippen LogP contribution is -2.42. The zero-order chi connectivity index (χ0) is 15.8. The molecule has 1 aromatic heterocycles. The fourth-order valence-corrected chi connectivity index (χ4v) is 2.88. The number of hydrogen-bond acceptors (Lipinski definition) is 4. The minimum Gasteiger partial charge on any atom is -0.469 e. The normalized spacial score (nSPS) is 13.5.